The van der Waals surface area contributed by atoms with E-state index in [1.807, 2.05) is 20.8 Å². The van der Waals surface area contributed by atoms with Crippen molar-refractivity contribution in [3.8, 4) is 0 Å². The highest BCUT2D eigenvalue weighted by molar-refractivity contribution is 7.19. The molecule has 0 aliphatic heterocycles. The van der Waals surface area contributed by atoms with Gasteiger partial charge in [0.15, 0.2) is 0 Å². The van der Waals surface area contributed by atoms with Crippen LogP contribution in [0.25, 0.3) is 73.8 Å². The van der Waals surface area contributed by atoms with E-state index in [1.54, 1.807) is 45.3 Å². The van der Waals surface area contributed by atoms with Crippen LogP contribution in [0.3, 0.4) is 0 Å². The van der Waals surface area contributed by atoms with Gasteiger partial charge >= 0.3 is 0 Å². The molecule has 0 aliphatic rings. The summed E-state index contributed by atoms with van der Waals surface area (Å²) in [5.74, 6) is 3.13. The summed E-state index contributed by atoms with van der Waals surface area (Å²) in [5, 5.41) is 8.59. The van der Waals surface area contributed by atoms with Crippen LogP contribution in [0.1, 0.15) is 210 Å². The average Bonchev–Trinajstić information content (AvgIpc) is 1.68. The van der Waals surface area contributed by atoms with Crippen LogP contribution in [-0.4, -0.2) is 19.9 Å². The maximum Gasteiger partial charge on any atom is 0.137 e. The fourth-order valence-corrected chi connectivity index (χ4v) is 18.3. The molecule has 0 unspecified atom stereocenters. The molecule has 0 aliphatic carbocycles. The number of hydrogen-bond donors (Lipinski definition) is 0. The number of rotatable bonds is 0. The van der Waals surface area contributed by atoms with Crippen LogP contribution in [-0.2, 0) is 0 Å². The van der Waals surface area contributed by atoms with E-state index in [0.29, 0.717) is 0 Å². The quantitative estimate of drug-likeness (QED) is 0.149. The highest BCUT2D eigenvalue weighted by atomic mass is 32.1. The lowest BCUT2D eigenvalue weighted by atomic mass is 9.94. The first kappa shape index (κ1) is 79.4. The first-order chi connectivity index (χ1) is 46.9. The van der Waals surface area contributed by atoms with Gasteiger partial charge in [0.05, 0.1) is 60.9 Å². The monoisotopic (exact) mass is 1430 g/mol. The standard InChI is InChI=1S/3C14H18O.4C12H15NS/c3*1-7-8(2)10(4)14-13(9(7)3)11(5)12(6)15-14;4*1-6-7(2)9(4)12-11(8(6)3)13-10(5)14-12/h3*1-6H3;4*1-5H3. The molecule has 0 fully saturated rings. The zero-order valence-electron chi connectivity index (χ0n) is 68.6. The molecule has 11 heteroatoms. The molecule has 101 heavy (non-hydrogen) atoms. The van der Waals surface area contributed by atoms with Gasteiger partial charge in [0, 0.05) is 16.2 Å². The van der Waals surface area contributed by atoms with Gasteiger partial charge in [-0.05, 0) is 436 Å². The van der Waals surface area contributed by atoms with Crippen molar-refractivity contribution in [2.24, 2.45) is 0 Å². The Balaban J connectivity index is 0.000000150. The lowest BCUT2D eigenvalue weighted by Crippen LogP contribution is -1.92. The van der Waals surface area contributed by atoms with Crippen molar-refractivity contribution in [3.05, 3.63) is 210 Å². The van der Waals surface area contributed by atoms with Crippen LogP contribution in [0.4, 0.5) is 0 Å². The van der Waals surface area contributed by atoms with Crippen molar-refractivity contribution in [1.29, 1.82) is 0 Å². The second kappa shape index (κ2) is 30.6. The second-order valence-electron chi connectivity index (χ2n) is 29.1. The van der Waals surface area contributed by atoms with Crippen molar-refractivity contribution in [2.45, 2.75) is 263 Å². The molecule has 0 saturated heterocycles. The zero-order chi connectivity index (χ0) is 75.8. The number of furan rings is 3. The van der Waals surface area contributed by atoms with E-state index in [2.05, 4.69) is 262 Å². The van der Waals surface area contributed by atoms with Gasteiger partial charge in [-0.2, -0.15) is 0 Å². The van der Waals surface area contributed by atoms with Crippen molar-refractivity contribution in [1.82, 2.24) is 19.9 Å². The van der Waals surface area contributed by atoms with Crippen molar-refractivity contribution in [2.75, 3.05) is 0 Å². The van der Waals surface area contributed by atoms with E-state index >= 15 is 0 Å². The van der Waals surface area contributed by atoms with E-state index in [0.717, 1.165) is 54.1 Å². The zero-order valence-corrected chi connectivity index (χ0v) is 71.9. The third-order valence-electron chi connectivity index (χ3n) is 23.8. The van der Waals surface area contributed by atoms with Crippen LogP contribution >= 0.6 is 45.3 Å². The number of aromatic nitrogens is 4. The molecule has 0 radical (unpaired) electrons. The Kier molecular flexibility index (Phi) is 24.0. The molecular formula is C90H114N4O3S4. The second-order valence-corrected chi connectivity index (χ2v) is 33.9. The number of aryl methyl sites for hydroxylation is 24. The molecule has 14 rings (SSSR count). The Morgan fingerprint density at radius 2 is 0.307 bits per heavy atom. The molecule has 7 heterocycles. The fourth-order valence-electron chi connectivity index (χ4n) is 14.2. The van der Waals surface area contributed by atoms with Crippen molar-refractivity contribution < 1.29 is 13.3 Å². The molecule has 7 aromatic carbocycles. The minimum Gasteiger partial charge on any atom is -0.461 e. The molecular weight excluding hydrogens is 1310 g/mol. The van der Waals surface area contributed by atoms with Gasteiger partial charge in [-0.3, -0.25) is 0 Å². The predicted molar refractivity (Wildman–Crippen MR) is 447 cm³/mol. The molecule has 0 saturated carbocycles. The lowest BCUT2D eigenvalue weighted by Gasteiger charge is -2.10. The number of nitrogens with zero attached hydrogens (tertiary/aromatic N) is 4. The van der Waals surface area contributed by atoms with Gasteiger partial charge in [-0.25, -0.2) is 19.9 Å². The Morgan fingerprint density at radius 1 is 0.158 bits per heavy atom. The van der Waals surface area contributed by atoms with Gasteiger partial charge < -0.3 is 13.3 Å². The van der Waals surface area contributed by atoms with E-state index < -0.39 is 0 Å². The smallest absolute Gasteiger partial charge is 0.137 e. The van der Waals surface area contributed by atoms with Crippen molar-refractivity contribution in [3.63, 3.8) is 0 Å². The minimum atomic E-state index is 1.04. The fraction of sp³-hybridized carbons (Fsp3) is 0.422. The topological polar surface area (TPSA) is 91.0 Å². The summed E-state index contributed by atoms with van der Waals surface area (Å²) in [6.45, 7) is 82.0. The van der Waals surface area contributed by atoms with Crippen LogP contribution in [0, 0.1) is 263 Å². The Bertz CT molecular complexity index is 4810. The molecule has 7 aromatic heterocycles. The maximum atomic E-state index is 5.85. The summed E-state index contributed by atoms with van der Waals surface area (Å²) in [5.41, 5.74) is 50.2. The largest absolute Gasteiger partial charge is 0.461 e. The van der Waals surface area contributed by atoms with Gasteiger partial charge in [0.25, 0.3) is 0 Å². The normalized spacial score (nSPS) is 11.3. The van der Waals surface area contributed by atoms with E-state index in [1.165, 1.54) is 229 Å². The van der Waals surface area contributed by atoms with E-state index in [-0.39, 0.29) is 0 Å². The van der Waals surface area contributed by atoms with Crippen LogP contribution in [0.2, 0.25) is 0 Å². The van der Waals surface area contributed by atoms with Crippen molar-refractivity contribution >= 4 is 119 Å². The Hall–Kier alpha value is -7.28. The number of fused-ring (bicyclic) bond motifs is 7. The van der Waals surface area contributed by atoms with Gasteiger partial charge in [-0.1, -0.05) is 0 Å². The first-order valence-corrected chi connectivity index (χ1v) is 38.9. The molecule has 0 atom stereocenters. The first-order valence-electron chi connectivity index (χ1n) is 35.6. The average molecular weight is 1430 g/mol. The number of hydrogen-bond acceptors (Lipinski definition) is 11. The molecule has 0 N–H and O–H groups in total. The number of benzene rings is 7. The molecule has 14 aromatic rings. The summed E-state index contributed by atoms with van der Waals surface area (Å²) in [7, 11) is 0. The molecule has 7 nitrogen and oxygen atoms in total. The highest BCUT2D eigenvalue weighted by Gasteiger charge is 2.21. The Morgan fingerprint density at radius 3 is 0.485 bits per heavy atom. The van der Waals surface area contributed by atoms with Gasteiger partial charge in [0.2, 0.25) is 0 Å². The number of thiazole rings is 4. The molecule has 0 amide bonds. The molecule has 0 spiro atoms. The van der Waals surface area contributed by atoms with Crippen LogP contribution in [0.15, 0.2) is 13.3 Å². The van der Waals surface area contributed by atoms with Gasteiger partial charge in [0.1, 0.15) is 34.0 Å². The third kappa shape index (κ3) is 14.6. The molecule has 536 valence electrons. The van der Waals surface area contributed by atoms with Gasteiger partial charge in [-0.15, -0.1) is 45.3 Å². The van der Waals surface area contributed by atoms with E-state index in [4.69, 9.17) is 13.3 Å². The lowest BCUT2D eigenvalue weighted by molar-refractivity contribution is 0.572. The summed E-state index contributed by atoms with van der Waals surface area (Å²) in [6, 6.07) is 0. The highest BCUT2D eigenvalue weighted by Crippen LogP contribution is 2.40. The summed E-state index contributed by atoms with van der Waals surface area (Å²) in [4.78, 5) is 18.4. The summed E-state index contributed by atoms with van der Waals surface area (Å²) < 4.78 is 23.0. The van der Waals surface area contributed by atoms with Crippen LogP contribution < -0.4 is 0 Å². The molecule has 0 bridgehead atoms. The predicted octanol–water partition coefficient (Wildman–Crippen LogP) is 28.2. The SMILES string of the molecule is Cc1nc2c(C)c(C)c(C)c(C)c2s1.Cc1nc2c(C)c(C)c(C)c(C)c2s1.Cc1nc2c(C)c(C)c(C)c(C)c2s1.Cc1nc2c(C)c(C)c(C)c(C)c2s1.Cc1oc2c(C)c(C)c(C)c(C)c2c1C.Cc1oc2c(C)c(C)c(C)c(C)c2c1C.Cc1oc2c(C)c(C)c(C)c(C)c2c1C. The Labute approximate surface area is 620 Å². The third-order valence-corrected chi connectivity index (χ3v) is 28.2. The summed E-state index contributed by atoms with van der Waals surface area (Å²) >= 11 is 7.22. The van der Waals surface area contributed by atoms with Crippen LogP contribution in [0.5, 0.6) is 0 Å². The minimum absolute atomic E-state index is 1.04. The summed E-state index contributed by atoms with van der Waals surface area (Å²) in [6.07, 6.45) is 0. The van der Waals surface area contributed by atoms with E-state index in [9.17, 15) is 0 Å². The maximum absolute atomic E-state index is 5.85.